The molecule has 0 bridgehead atoms. The molecule has 1 saturated carbocycles. The van der Waals surface area contributed by atoms with Crippen LogP contribution in [-0.2, 0) is 13.5 Å². The first kappa shape index (κ1) is 20.3. The summed E-state index contributed by atoms with van der Waals surface area (Å²) in [6.07, 6.45) is 5.49. The van der Waals surface area contributed by atoms with E-state index in [2.05, 4.69) is 15.7 Å². The second-order valence-electron chi connectivity index (χ2n) is 7.25. The van der Waals surface area contributed by atoms with E-state index in [1.807, 2.05) is 20.0 Å². The Hall–Kier alpha value is -3.41. The summed E-state index contributed by atoms with van der Waals surface area (Å²) in [5.41, 5.74) is 2.11. The molecule has 1 aliphatic carbocycles. The first-order valence-corrected chi connectivity index (χ1v) is 9.69. The van der Waals surface area contributed by atoms with E-state index in [-0.39, 0.29) is 29.2 Å². The molecule has 29 heavy (non-hydrogen) atoms. The Morgan fingerprint density at radius 3 is 2.66 bits per heavy atom. The van der Waals surface area contributed by atoms with E-state index in [0.717, 1.165) is 37.8 Å². The van der Waals surface area contributed by atoms with Crippen LogP contribution in [0.3, 0.4) is 0 Å². The number of nitrogens with one attached hydrogen (secondary N) is 2. The van der Waals surface area contributed by atoms with E-state index < -0.39 is 4.92 Å². The number of anilines is 1. The minimum atomic E-state index is -0.478. The lowest BCUT2D eigenvalue weighted by molar-refractivity contribution is -0.384. The first-order chi connectivity index (χ1) is 13.9. The Morgan fingerprint density at radius 2 is 2.03 bits per heavy atom. The molecule has 9 nitrogen and oxygen atoms in total. The smallest absolute Gasteiger partial charge is 0.293 e. The largest absolute Gasteiger partial charge is 0.377 e. The predicted octanol–water partition coefficient (Wildman–Crippen LogP) is 2.92. The summed E-state index contributed by atoms with van der Waals surface area (Å²) in [5.74, 6) is -0.103. The maximum atomic E-state index is 12.6. The average Bonchev–Trinajstić information content (AvgIpc) is 3.10. The Kier molecular flexibility index (Phi) is 6.12. The van der Waals surface area contributed by atoms with Crippen LogP contribution in [0.1, 0.15) is 54.2 Å². The van der Waals surface area contributed by atoms with Crippen LogP contribution in [0.15, 0.2) is 24.4 Å². The van der Waals surface area contributed by atoms with Gasteiger partial charge in [-0.2, -0.15) is 10.4 Å². The van der Waals surface area contributed by atoms with Crippen molar-refractivity contribution < 1.29 is 9.72 Å². The van der Waals surface area contributed by atoms with Gasteiger partial charge in [-0.25, -0.2) is 0 Å². The third kappa shape index (κ3) is 4.54. The molecule has 0 saturated heterocycles. The Balaban J connectivity index is 1.58. The molecule has 9 heteroatoms. The van der Waals surface area contributed by atoms with E-state index in [4.69, 9.17) is 5.26 Å². The van der Waals surface area contributed by atoms with Crippen LogP contribution in [0.25, 0.3) is 0 Å². The van der Waals surface area contributed by atoms with Gasteiger partial charge in [-0.3, -0.25) is 19.6 Å². The van der Waals surface area contributed by atoms with Gasteiger partial charge < -0.3 is 10.6 Å². The van der Waals surface area contributed by atoms with Gasteiger partial charge in [0.15, 0.2) is 0 Å². The fraction of sp³-hybridized carbons (Fsp3) is 0.450. The molecule has 0 radical (unpaired) electrons. The second kappa shape index (κ2) is 8.73. The number of nitrogens with zero attached hydrogens (tertiary/aromatic N) is 4. The zero-order chi connectivity index (χ0) is 21.0. The summed E-state index contributed by atoms with van der Waals surface area (Å²) in [5, 5.41) is 30.7. The molecule has 0 unspecified atom stereocenters. The number of aromatic nitrogens is 2. The Labute approximate surface area is 168 Å². The van der Waals surface area contributed by atoms with Crippen molar-refractivity contribution >= 4 is 17.3 Å². The Morgan fingerprint density at radius 1 is 1.34 bits per heavy atom. The zero-order valence-corrected chi connectivity index (χ0v) is 16.5. The zero-order valence-electron chi connectivity index (χ0n) is 16.5. The van der Waals surface area contributed by atoms with Crippen molar-refractivity contribution in [2.24, 2.45) is 7.05 Å². The van der Waals surface area contributed by atoms with Crippen molar-refractivity contribution in [2.45, 2.75) is 51.1 Å². The highest BCUT2D eigenvalue weighted by atomic mass is 16.6. The number of carbonyl (C=O) groups is 1. The van der Waals surface area contributed by atoms with Gasteiger partial charge >= 0.3 is 0 Å². The molecule has 1 aromatic carbocycles. The summed E-state index contributed by atoms with van der Waals surface area (Å²) in [4.78, 5) is 23.4. The number of carbonyl (C=O) groups excluding carboxylic acids is 1. The van der Waals surface area contributed by atoms with E-state index in [1.165, 1.54) is 6.07 Å². The monoisotopic (exact) mass is 396 g/mol. The van der Waals surface area contributed by atoms with Crippen LogP contribution in [0, 0.1) is 21.4 Å². The number of nitro groups is 1. The number of rotatable bonds is 6. The molecule has 1 fully saturated rings. The minimum absolute atomic E-state index is 0.0708. The number of hydrogen-bond donors (Lipinski definition) is 2. The predicted molar refractivity (Wildman–Crippen MR) is 108 cm³/mol. The van der Waals surface area contributed by atoms with Crippen LogP contribution in [0.2, 0.25) is 0 Å². The molecule has 1 aliphatic rings. The van der Waals surface area contributed by atoms with Crippen molar-refractivity contribution in [1.82, 2.24) is 15.1 Å². The number of nitriles is 1. The average molecular weight is 396 g/mol. The van der Waals surface area contributed by atoms with Gasteiger partial charge in [0.2, 0.25) is 0 Å². The third-order valence-corrected chi connectivity index (χ3v) is 5.39. The van der Waals surface area contributed by atoms with E-state index >= 15 is 0 Å². The number of benzene rings is 1. The summed E-state index contributed by atoms with van der Waals surface area (Å²) < 4.78 is 1.72. The number of aryl methyl sites for hydroxylation is 1. The quantitative estimate of drug-likeness (QED) is 0.571. The fourth-order valence-corrected chi connectivity index (χ4v) is 3.81. The summed E-state index contributed by atoms with van der Waals surface area (Å²) in [6.45, 7) is 1.99. The topological polar surface area (TPSA) is 126 Å². The molecule has 1 heterocycles. The van der Waals surface area contributed by atoms with Gasteiger partial charge in [-0.05, 0) is 44.2 Å². The van der Waals surface area contributed by atoms with Crippen molar-refractivity contribution in [3.63, 3.8) is 0 Å². The van der Waals surface area contributed by atoms with Gasteiger partial charge in [-0.1, -0.05) is 6.92 Å². The molecule has 2 aromatic rings. The fourth-order valence-electron chi connectivity index (χ4n) is 3.81. The van der Waals surface area contributed by atoms with Crippen molar-refractivity contribution in [3.05, 3.63) is 51.3 Å². The van der Waals surface area contributed by atoms with E-state index in [0.29, 0.717) is 11.3 Å². The van der Waals surface area contributed by atoms with Crippen molar-refractivity contribution in [1.29, 1.82) is 5.26 Å². The lowest BCUT2D eigenvalue weighted by atomic mass is 9.90. The van der Waals surface area contributed by atoms with E-state index in [1.54, 1.807) is 23.0 Å². The summed E-state index contributed by atoms with van der Waals surface area (Å²) >= 11 is 0. The summed E-state index contributed by atoms with van der Waals surface area (Å²) in [6, 6.07) is 6.51. The molecule has 1 amide bonds. The molecule has 152 valence electrons. The molecule has 0 atom stereocenters. The molecular formula is C20H24N6O3. The molecule has 0 aliphatic heterocycles. The first-order valence-electron chi connectivity index (χ1n) is 9.69. The van der Waals surface area contributed by atoms with Gasteiger partial charge in [0.05, 0.1) is 34.0 Å². The number of hydrogen-bond acceptors (Lipinski definition) is 6. The van der Waals surface area contributed by atoms with Gasteiger partial charge in [0.25, 0.3) is 11.6 Å². The minimum Gasteiger partial charge on any atom is -0.377 e. The van der Waals surface area contributed by atoms with Gasteiger partial charge in [-0.15, -0.1) is 0 Å². The molecular weight excluding hydrogens is 372 g/mol. The van der Waals surface area contributed by atoms with Crippen LogP contribution in [0.5, 0.6) is 0 Å². The Bertz CT molecular complexity index is 954. The highest BCUT2D eigenvalue weighted by Crippen LogP contribution is 2.29. The number of amides is 1. The van der Waals surface area contributed by atoms with Crippen LogP contribution >= 0.6 is 0 Å². The summed E-state index contributed by atoms with van der Waals surface area (Å²) in [7, 11) is 1.83. The van der Waals surface area contributed by atoms with Crippen LogP contribution in [0.4, 0.5) is 11.4 Å². The SMILES string of the molecule is CCc1c(C(=O)NC2CCC(Nc3ccc(C#N)cc3[N+](=O)[O-])CC2)cnn1C. The maximum Gasteiger partial charge on any atom is 0.293 e. The second-order valence-corrected chi connectivity index (χ2v) is 7.25. The molecule has 3 rings (SSSR count). The lowest BCUT2D eigenvalue weighted by Crippen LogP contribution is -2.40. The highest BCUT2D eigenvalue weighted by Gasteiger charge is 2.26. The van der Waals surface area contributed by atoms with E-state index in [9.17, 15) is 14.9 Å². The van der Waals surface area contributed by atoms with Gasteiger partial charge in [0.1, 0.15) is 5.69 Å². The highest BCUT2D eigenvalue weighted by molar-refractivity contribution is 5.95. The molecule has 1 aromatic heterocycles. The number of nitro benzene ring substituents is 1. The standard InChI is InChI=1S/C20H24N6O3/c1-3-18-16(12-22-25(18)2)20(27)24-15-7-5-14(6-8-15)23-17-9-4-13(11-21)10-19(17)26(28)29/h4,9-10,12,14-15,23H,3,5-8H2,1-2H3,(H,24,27). The normalized spacial score (nSPS) is 18.7. The maximum absolute atomic E-state index is 12.6. The molecule has 0 spiro atoms. The van der Waals surface area contributed by atoms with Crippen molar-refractivity contribution in [3.8, 4) is 6.07 Å². The van der Waals surface area contributed by atoms with Gasteiger partial charge in [0, 0.05) is 25.2 Å². The van der Waals surface area contributed by atoms with Crippen LogP contribution < -0.4 is 10.6 Å². The van der Waals surface area contributed by atoms with Crippen molar-refractivity contribution in [2.75, 3.05) is 5.32 Å². The van der Waals surface area contributed by atoms with Crippen LogP contribution in [-0.4, -0.2) is 32.7 Å². The third-order valence-electron chi connectivity index (χ3n) is 5.39. The lowest BCUT2D eigenvalue weighted by Gasteiger charge is -2.30. The molecule has 2 N–H and O–H groups in total.